The van der Waals surface area contributed by atoms with Crippen molar-refractivity contribution in [2.75, 3.05) is 9.80 Å². The number of nitrogens with zero attached hydrogens (tertiary/aromatic N) is 2. The van der Waals surface area contributed by atoms with Gasteiger partial charge in [0.1, 0.15) is 11.2 Å². The molecule has 0 aliphatic heterocycles. The molecular weight excluding hydrogens is 861 g/mol. The number of hydrogen-bond donors (Lipinski definition) is 0. The second kappa shape index (κ2) is 17.9. The van der Waals surface area contributed by atoms with E-state index in [1.165, 1.54) is 11.1 Å². The second-order valence-corrected chi connectivity index (χ2v) is 18.1. The highest BCUT2D eigenvalue weighted by Gasteiger charge is 2.22. The SMILES string of the molecule is c1ccc(-c2ccc(-c3ccccc3)c(N(c3ccccc3)c3ccc4cc5c(cc4c3)oc3cc4cc(N(c6ccccc6)c6cc(-c7ccccc7)ccc6-c6ccccc6)ccc4cc35)c2)cc1. The molecule has 1 heterocycles. The highest BCUT2D eigenvalue weighted by molar-refractivity contribution is 6.14. The fourth-order valence-electron chi connectivity index (χ4n) is 10.3. The highest BCUT2D eigenvalue weighted by Crippen LogP contribution is 2.46. The molecule has 0 aliphatic rings. The van der Waals surface area contributed by atoms with Crippen LogP contribution in [0.3, 0.4) is 0 Å². The van der Waals surface area contributed by atoms with Crippen molar-refractivity contribution in [1.82, 2.24) is 0 Å². The summed E-state index contributed by atoms with van der Waals surface area (Å²) in [5.41, 5.74) is 17.5. The number of furan rings is 1. The number of fused-ring (bicyclic) bond motifs is 5. The number of rotatable bonds is 10. The third-order valence-corrected chi connectivity index (χ3v) is 13.8. The van der Waals surface area contributed by atoms with Crippen LogP contribution in [0.5, 0.6) is 0 Å². The van der Waals surface area contributed by atoms with Gasteiger partial charge in [-0.2, -0.15) is 0 Å². The largest absolute Gasteiger partial charge is 0.456 e. The van der Waals surface area contributed by atoms with Crippen molar-refractivity contribution < 1.29 is 4.42 Å². The van der Waals surface area contributed by atoms with Crippen LogP contribution < -0.4 is 9.80 Å². The van der Waals surface area contributed by atoms with Gasteiger partial charge in [-0.3, -0.25) is 0 Å². The predicted octanol–water partition coefficient (Wildman–Crippen LogP) is 19.5. The molecule has 0 spiro atoms. The molecule has 1 aromatic heterocycles. The first-order chi connectivity index (χ1) is 35.2. The zero-order valence-corrected chi connectivity index (χ0v) is 38.9. The first-order valence-corrected chi connectivity index (χ1v) is 24.2. The smallest absolute Gasteiger partial charge is 0.136 e. The van der Waals surface area contributed by atoms with Gasteiger partial charge in [-0.05, 0) is 140 Å². The fourth-order valence-corrected chi connectivity index (χ4v) is 10.3. The molecule has 0 aliphatic carbocycles. The molecule has 13 aromatic rings. The number of anilines is 6. The van der Waals surface area contributed by atoms with Gasteiger partial charge in [-0.1, -0.05) is 194 Å². The zero-order chi connectivity index (χ0) is 47.1. The minimum atomic E-state index is 0.860. The average molecular weight is 907 g/mol. The molecule has 334 valence electrons. The molecule has 0 saturated heterocycles. The Morgan fingerprint density at radius 2 is 0.577 bits per heavy atom. The lowest BCUT2D eigenvalue weighted by Gasteiger charge is -2.29. The third-order valence-electron chi connectivity index (χ3n) is 13.8. The van der Waals surface area contributed by atoms with Gasteiger partial charge >= 0.3 is 0 Å². The first-order valence-electron chi connectivity index (χ1n) is 24.2. The van der Waals surface area contributed by atoms with Crippen LogP contribution in [0.1, 0.15) is 0 Å². The van der Waals surface area contributed by atoms with Crippen LogP contribution in [-0.2, 0) is 0 Å². The topological polar surface area (TPSA) is 19.6 Å². The summed E-state index contributed by atoms with van der Waals surface area (Å²) in [6, 6.07) is 100. The van der Waals surface area contributed by atoms with Crippen molar-refractivity contribution in [1.29, 1.82) is 0 Å². The fraction of sp³-hybridized carbons (Fsp3) is 0. The summed E-state index contributed by atoms with van der Waals surface area (Å²) in [4.78, 5) is 4.78. The van der Waals surface area contributed by atoms with Crippen molar-refractivity contribution in [3.63, 3.8) is 0 Å². The van der Waals surface area contributed by atoms with Crippen LogP contribution in [0.25, 0.3) is 88.0 Å². The normalized spacial score (nSPS) is 11.4. The first kappa shape index (κ1) is 41.7. The minimum Gasteiger partial charge on any atom is -0.456 e. The summed E-state index contributed by atoms with van der Waals surface area (Å²) < 4.78 is 6.86. The van der Waals surface area contributed by atoms with E-state index in [1.54, 1.807) is 0 Å². The molecule has 71 heavy (non-hydrogen) atoms. The summed E-state index contributed by atoms with van der Waals surface area (Å²) in [5.74, 6) is 0. The van der Waals surface area contributed by atoms with Crippen molar-refractivity contribution >= 4 is 77.6 Å². The molecule has 12 aromatic carbocycles. The molecule has 0 unspecified atom stereocenters. The van der Waals surface area contributed by atoms with E-state index in [-0.39, 0.29) is 0 Å². The Labute approximate surface area is 413 Å². The molecular formula is C68H46N2O. The van der Waals surface area contributed by atoms with Crippen molar-refractivity contribution in [3.05, 3.63) is 279 Å². The van der Waals surface area contributed by atoms with Gasteiger partial charge in [0.15, 0.2) is 0 Å². The van der Waals surface area contributed by atoms with Crippen LogP contribution in [0, 0.1) is 0 Å². The molecule has 0 atom stereocenters. The lowest BCUT2D eigenvalue weighted by Crippen LogP contribution is -2.11. The molecule has 0 saturated carbocycles. The van der Waals surface area contributed by atoms with Crippen LogP contribution in [0.4, 0.5) is 34.1 Å². The average Bonchev–Trinajstić information content (AvgIpc) is 3.79. The van der Waals surface area contributed by atoms with Crippen LogP contribution in [0.15, 0.2) is 283 Å². The van der Waals surface area contributed by atoms with E-state index in [0.717, 1.165) is 111 Å². The zero-order valence-electron chi connectivity index (χ0n) is 38.9. The van der Waals surface area contributed by atoms with Crippen molar-refractivity contribution in [2.45, 2.75) is 0 Å². The third kappa shape index (κ3) is 7.86. The Bertz CT molecular complexity index is 3760. The Balaban J connectivity index is 0.938. The highest BCUT2D eigenvalue weighted by atomic mass is 16.3. The Morgan fingerprint density at radius 3 is 0.958 bits per heavy atom. The van der Waals surface area contributed by atoms with Crippen LogP contribution in [-0.4, -0.2) is 0 Å². The van der Waals surface area contributed by atoms with Gasteiger partial charge in [0, 0.05) is 44.6 Å². The van der Waals surface area contributed by atoms with Gasteiger partial charge in [0.05, 0.1) is 11.4 Å². The summed E-state index contributed by atoms with van der Waals surface area (Å²) >= 11 is 0. The standard InChI is InChI=1S/C68H46N2O/c1-7-19-47(20-8-1)53-33-37-61(49-23-11-3-12-24-49)65(43-53)69(57-27-15-5-16-28-57)59-35-31-51-41-63-64-42-52-32-36-60(40-56(52)46-68(64)71-67(63)45-55(51)39-59)70(58-29-17-6-18-30-58)66-44-54(48-21-9-2-10-22-48)34-38-62(66)50-25-13-4-14-26-50/h1-46H. The van der Waals surface area contributed by atoms with Gasteiger partial charge in [0.25, 0.3) is 0 Å². The Kier molecular flexibility index (Phi) is 10.5. The summed E-state index contributed by atoms with van der Waals surface area (Å²) in [6.45, 7) is 0. The van der Waals surface area contributed by atoms with E-state index in [1.807, 2.05) is 0 Å². The van der Waals surface area contributed by atoms with E-state index in [0.29, 0.717) is 0 Å². The van der Waals surface area contributed by atoms with Gasteiger partial charge in [-0.15, -0.1) is 0 Å². The lowest BCUT2D eigenvalue weighted by molar-refractivity contribution is 0.670. The van der Waals surface area contributed by atoms with Gasteiger partial charge < -0.3 is 14.2 Å². The minimum absolute atomic E-state index is 0.860. The molecule has 0 radical (unpaired) electrons. The van der Waals surface area contributed by atoms with E-state index >= 15 is 0 Å². The molecule has 3 nitrogen and oxygen atoms in total. The molecule has 0 amide bonds. The second-order valence-electron chi connectivity index (χ2n) is 18.1. The van der Waals surface area contributed by atoms with Crippen LogP contribution >= 0.6 is 0 Å². The number of hydrogen-bond acceptors (Lipinski definition) is 3. The maximum Gasteiger partial charge on any atom is 0.136 e. The monoisotopic (exact) mass is 906 g/mol. The van der Waals surface area contributed by atoms with Crippen molar-refractivity contribution in [3.8, 4) is 44.5 Å². The van der Waals surface area contributed by atoms with E-state index in [2.05, 4.69) is 289 Å². The lowest BCUT2D eigenvalue weighted by atomic mass is 9.96. The van der Waals surface area contributed by atoms with Crippen molar-refractivity contribution in [2.24, 2.45) is 0 Å². The van der Waals surface area contributed by atoms with E-state index in [4.69, 9.17) is 4.42 Å². The molecule has 0 bridgehead atoms. The number of benzene rings is 12. The maximum absolute atomic E-state index is 6.86. The summed E-state index contributed by atoms with van der Waals surface area (Å²) in [5, 5.41) is 6.72. The predicted molar refractivity (Wildman–Crippen MR) is 300 cm³/mol. The quantitative estimate of drug-likeness (QED) is 0.136. The molecule has 3 heteroatoms. The molecule has 13 rings (SSSR count). The van der Waals surface area contributed by atoms with E-state index < -0.39 is 0 Å². The summed E-state index contributed by atoms with van der Waals surface area (Å²) in [7, 11) is 0. The number of para-hydroxylation sites is 2. The van der Waals surface area contributed by atoms with Gasteiger partial charge in [0.2, 0.25) is 0 Å². The Morgan fingerprint density at radius 1 is 0.225 bits per heavy atom. The molecule has 0 fully saturated rings. The summed E-state index contributed by atoms with van der Waals surface area (Å²) in [6.07, 6.45) is 0. The Hall–Kier alpha value is -9.44. The maximum atomic E-state index is 6.86. The van der Waals surface area contributed by atoms with Gasteiger partial charge in [-0.25, -0.2) is 0 Å². The van der Waals surface area contributed by atoms with Crippen LogP contribution in [0.2, 0.25) is 0 Å². The molecule has 0 N–H and O–H groups in total. The van der Waals surface area contributed by atoms with E-state index in [9.17, 15) is 0 Å².